The normalized spacial score (nSPS) is 11.6. The second-order valence-electron chi connectivity index (χ2n) is 12.6. The van der Waals surface area contributed by atoms with Crippen LogP contribution in [0.2, 0.25) is 0 Å². The number of nitrogens with zero attached hydrogens (tertiary/aromatic N) is 4. The lowest BCUT2D eigenvalue weighted by atomic mass is 9.88. The fourth-order valence-corrected chi connectivity index (χ4v) is 6.39. The smallest absolute Gasteiger partial charge is 0.148 e. The molecule has 0 radical (unpaired) electrons. The van der Waals surface area contributed by atoms with E-state index in [2.05, 4.69) is 117 Å². The maximum absolute atomic E-state index is 11.1. The van der Waals surface area contributed by atoms with Crippen molar-refractivity contribution in [3.8, 4) is 50.9 Å². The van der Waals surface area contributed by atoms with Gasteiger partial charge in [0, 0.05) is 17.1 Å². The molecule has 0 aliphatic heterocycles. The molecule has 0 aliphatic rings. The summed E-state index contributed by atoms with van der Waals surface area (Å²) in [6, 6.07) is 39.4. The monoisotopic (exact) mass is 602 g/mol. The van der Waals surface area contributed by atoms with Crippen molar-refractivity contribution in [2.24, 2.45) is 0 Å². The lowest BCUT2D eigenvalue weighted by molar-refractivity contribution is 0.477. The van der Waals surface area contributed by atoms with E-state index in [9.17, 15) is 5.11 Å². The van der Waals surface area contributed by atoms with Crippen LogP contribution in [0.25, 0.3) is 56.0 Å². The molecule has 1 N–H and O–H groups in total. The third kappa shape index (κ3) is 5.18. The zero-order chi connectivity index (χ0) is 31.9. The molecule has 5 heteroatoms. The van der Waals surface area contributed by atoms with Crippen molar-refractivity contribution in [1.82, 2.24) is 19.3 Å². The van der Waals surface area contributed by atoms with Crippen LogP contribution >= 0.6 is 0 Å². The van der Waals surface area contributed by atoms with Crippen molar-refractivity contribution in [3.63, 3.8) is 0 Å². The zero-order valence-corrected chi connectivity index (χ0v) is 26.9. The molecule has 0 aliphatic carbocycles. The van der Waals surface area contributed by atoms with Crippen molar-refractivity contribution in [2.45, 2.75) is 46.5 Å². The highest BCUT2D eigenvalue weighted by molar-refractivity contribution is 5.84. The van der Waals surface area contributed by atoms with E-state index in [-0.39, 0.29) is 17.6 Å². The van der Waals surface area contributed by atoms with Crippen LogP contribution in [0.1, 0.15) is 56.4 Å². The molecule has 0 atom stereocenters. The Balaban J connectivity index is 1.46. The molecule has 0 fully saturated rings. The summed E-state index contributed by atoms with van der Waals surface area (Å²) >= 11 is 0. The predicted octanol–water partition coefficient (Wildman–Crippen LogP) is 10.5. The van der Waals surface area contributed by atoms with Crippen LogP contribution in [0, 0.1) is 6.92 Å². The summed E-state index contributed by atoms with van der Waals surface area (Å²) in [6.07, 6.45) is 2.13. The van der Waals surface area contributed by atoms with E-state index < -0.39 is 0 Å². The number of rotatable bonds is 7. The summed E-state index contributed by atoms with van der Waals surface area (Å²) in [6.45, 7) is 11.0. The highest BCUT2D eigenvalue weighted by Gasteiger charge is 2.24. The molecule has 228 valence electrons. The molecule has 0 bridgehead atoms. The Morgan fingerprint density at radius 1 is 0.652 bits per heavy atom. The topological polar surface area (TPSA) is 55.9 Å². The zero-order valence-electron chi connectivity index (χ0n) is 26.9. The molecule has 0 saturated heterocycles. The molecular formula is C41H38N4O. The van der Waals surface area contributed by atoms with Crippen molar-refractivity contribution < 1.29 is 5.11 Å². The molecule has 7 aromatic rings. The second-order valence-corrected chi connectivity index (χ2v) is 12.6. The highest BCUT2D eigenvalue weighted by atomic mass is 16.3. The number of fused-ring (bicyclic) bond motifs is 1. The summed E-state index contributed by atoms with van der Waals surface area (Å²) in [5.41, 5.74) is 11.5. The molecule has 2 aromatic heterocycles. The average Bonchev–Trinajstić information content (AvgIpc) is 3.66. The first-order valence-corrected chi connectivity index (χ1v) is 16.0. The van der Waals surface area contributed by atoms with Gasteiger partial charge in [0.2, 0.25) is 0 Å². The highest BCUT2D eigenvalue weighted by Crippen LogP contribution is 2.40. The molecule has 2 heterocycles. The Hall–Kier alpha value is -5.42. The molecule has 7 rings (SSSR count). The van der Waals surface area contributed by atoms with Crippen molar-refractivity contribution in [2.75, 3.05) is 0 Å². The van der Waals surface area contributed by atoms with E-state index in [0.29, 0.717) is 11.4 Å². The Bertz CT molecular complexity index is 2160. The number of aromatic hydroxyl groups is 1. The number of benzene rings is 5. The molecule has 46 heavy (non-hydrogen) atoms. The van der Waals surface area contributed by atoms with Crippen LogP contribution in [-0.4, -0.2) is 24.4 Å². The number of aromatic nitrogens is 4. The van der Waals surface area contributed by atoms with Crippen LogP contribution in [0.5, 0.6) is 5.75 Å². The number of phenols is 1. The quantitative estimate of drug-likeness (QED) is 0.197. The van der Waals surface area contributed by atoms with Gasteiger partial charge in [-0.3, -0.25) is 4.57 Å². The molecule has 0 saturated carbocycles. The lowest BCUT2D eigenvalue weighted by Crippen LogP contribution is -2.08. The number of aryl methyl sites for hydroxylation is 1. The number of imidazole rings is 1. The fraction of sp³-hybridized carbons (Fsp3) is 0.171. The maximum Gasteiger partial charge on any atom is 0.148 e. The summed E-state index contributed by atoms with van der Waals surface area (Å²) < 4.78 is 4.20. The van der Waals surface area contributed by atoms with E-state index in [1.807, 2.05) is 41.9 Å². The molecule has 5 aromatic carbocycles. The number of para-hydroxylation sites is 2. The van der Waals surface area contributed by atoms with Gasteiger partial charge in [-0.2, -0.15) is 5.10 Å². The Labute approximate surface area is 270 Å². The second kappa shape index (κ2) is 11.8. The molecule has 0 unspecified atom stereocenters. The van der Waals surface area contributed by atoms with Gasteiger partial charge >= 0.3 is 0 Å². The summed E-state index contributed by atoms with van der Waals surface area (Å²) in [5, 5.41) is 17.1. The SMILES string of the molecule is Cc1nn(-c2cccc(-c3cn(-c4c(C(C)C)cc(-c5ccccc5)cc4C(C)C)c(-c4ccccc4O)n3)c2)c2ccccc12. The van der Waals surface area contributed by atoms with E-state index in [1.165, 1.54) is 22.3 Å². The standard InChI is InChI=1S/C41H38N4O/c1-26(2)35-23-31(29-14-7-6-8-15-29)24-36(27(3)4)40(35)44-25-37(42-41(44)34-19-10-12-21-39(34)46)30-16-13-17-32(22-30)45-38-20-11-9-18-33(38)28(5)43-45/h6-27,46H,1-5H3. The maximum atomic E-state index is 11.1. The number of phenolic OH excluding ortho intramolecular Hbond substituents is 1. The summed E-state index contributed by atoms with van der Waals surface area (Å²) in [4.78, 5) is 5.25. The lowest BCUT2D eigenvalue weighted by Gasteiger charge is -2.24. The largest absolute Gasteiger partial charge is 0.507 e. The van der Waals surface area contributed by atoms with Crippen LogP contribution in [0.4, 0.5) is 0 Å². The van der Waals surface area contributed by atoms with Gasteiger partial charge in [-0.15, -0.1) is 0 Å². The van der Waals surface area contributed by atoms with Crippen LogP contribution < -0.4 is 0 Å². The molecule has 0 amide bonds. The van der Waals surface area contributed by atoms with E-state index >= 15 is 0 Å². The summed E-state index contributed by atoms with van der Waals surface area (Å²) in [5.74, 6) is 1.40. The first-order valence-electron chi connectivity index (χ1n) is 16.0. The molecular weight excluding hydrogens is 564 g/mol. The Morgan fingerprint density at radius 3 is 2.02 bits per heavy atom. The van der Waals surface area contributed by atoms with E-state index in [1.54, 1.807) is 6.07 Å². The summed E-state index contributed by atoms with van der Waals surface area (Å²) in [7, 11) is 0. The predicted molar refractivity (Wildman–Crippen MR) is 189 cm³/mol. The van der Waals surface area contributed by atoms with E-state index in [4.69, 9.17) is 10.1 Å². The van der Waals surface area contributed by atoms with Gasteiger partial charge < -0.3 is 5.11 Å². The minimum Gasteiger partial charge on any atom is -0.507 e. The van der Waals surface area contributed by atoms with Gasteiger partial charge in [0.05, 0.1) is 33.8 Å². The van der Waals surface area contributed by atoms with Gasteiger partial charge in [0.15, 0.2) is 0 Å². The number of hydrogen-bond acceptors (Lipinski definition) is 3. The number of hydrogen-bond donors (Lipinski definition) is 1. The van der Waals surface area contributed by atoms with Gasteiger partial charge in [0.1, 0.15) is 11.6 Å². The minimum atomic E-state index is 0.200. The Kier molecular flexibility index (Phi) is 7.53. The van der Waals surface area contributed by atoms with Crippen molar-refractivity contribution >= 4 is 10.9 Å². The van der Waals surface area contributed by atoms with Gasteiger partial charge in [-0.05, 0) is 83.5 Å². The van der Waals surface area contributed by atoms with Crippen LogP contribution in [0.3, 0.4) is 0 Å². The Morgan fingerprint density at radius 2 is 1.30 bits per heavy atom. The fourth-order valence-electron chi connectivity index (χ4n) is 6.39. The first-order chi connectivity index (χ1) is 22.3. The van der Waals surface area contributed by atoms with E-state index in [0.717, 1.165) is 39.2 Å². The first kappa shape index (κ1) is 29.3. The third-order valence-corrected chi connectivity index (χ3v) is 8.77. The minimum absolute atomic E-state index is 0.200. The van der Waals surface area contributed by atoms with Crippen molar-refractivity contribution in [3.05, 3.63) is 138 Å². The molecule has 5 nitrogen and oxygen atoms in total. The van der Waals surface area contributed by atoms with Crippen LogP contribution in [-0.2, 0) is 0 Å². The third-order valence-electron chi connectivity index (χ3n) is 8.77. The van der Waals surface area contributed by atoms with Gasteiger partial charge in [-0.25, -0.2) is 9.67 Å². The average molecular weight is 603 g/mol. The van der Waals surface area contributed by atoms with Crippen molar-refractivity contribution in [1.29, 1.82) is 0 Å². The molecule has 0 spiro atoms. The van der Waals surface area contributed by atoms with Gasteiger partial charge in [0.25, 0.3) is 0 Å². The van der Waals surface area contributed by atoms with Gasteiger partial charge in [-0.1, -0.05) is 100 Å². The van der Waals surface area contributed by atoms with Crippen LogP contribution in [0.15, 0.2) is 121 Å².